The third-order valence-electron chi connectivity index (χ3n) is 9.52. The highest BCUT2D eigenvalue weighted by atomic mass is 16.5. The molecule has 5 N–H and O–H groups in total. The molecule has 2 fully saturated rings. The lowest BCUT2D eigenvalue weighted by molar-refractivity contribution is -0.184. The molecule has 0 saturated carbocycles. The Morgan fingerprint density at radius 3 is 2.23 bits per heavy atom. The first-order valence-electron chi connectivity index (χ1n) is 16.3. The van der Waals surface area contributed by atoms with E-state index in [2.05, 4.69) is 27.3 Å². The highest BCUT2D eigenvalue weighted by Gasteiger charge is 2.48. The summed E-state index contributed by atoms with van der Waals surface area (Å²) in [5.41, 5.74) is 1.26. The van der Waals surface area contributed by atoms with Crippen LogP contribution in [0.3, 0.4) is 0 Å². The molecular weight excluding hydrogens is 598 g/mol. The van der Waals surface area contributed by atoms with Crippen LogP contribution in [0.25, 0.3) is 11.1 Å². The number of nitrogens with zero attached hydrogens (tertiary/aromatic N) is 2. The summed E-state index contributed by atoms with van der Waals surface area (Å²) >= 11 is 0. The van der Waals surface area contributed by atoms with Crippen LogP contribution in [-0.2, 0) is 22.6 Å². The van der Waals surface area contributed by atoms with Gasteiger partial charge in [-0.15, -0.1) is 0 Å². The van der Waals surface area contributed by atoms with Gasteiger partial charge in [-0.25, -0.2) is 0 Å². The number of anilines is 1. The van der Waals surface area contributed by atoms with Crippen molar-refractivity contribution in [3.63, 3.8) is 0 Å². The van der Waals surface area contributed by atoms with Crippen LogP contribution in [0.2, 0.25) is 0 Å². The lowest BCUT2D eigenvalue weighted by atomic mass is 9.70. The van der Waals surface area contributed by atoms with Crippen LogP contribution >= 0.6 is 0 Å². The van der Waals surface area contributed by atoms with Crippen LogP contribution in [0.15, 0.2) is 47.3 Å². The highest BCUT2D eigenvalue weighted by molar-refractivity contribution is 6.25. The number of pyridine rings is 1. The van der Waals surface area contributed by atoms with Crippen molar-refractivity contribution in [2.75, 3.05) is 44.4 Å². The Morgan fingerprint density at radius 1 is 0.979 bits per heavy atom. The molecule has 1 aromatic heterocycles. The third-order valence-corrected chi connectivity index (χ3v) is 9.52. The first-order chi connectivity index (χ1) is 22.3. The molecule has 11 nitrogen and oxygen atoms in total. The number of hydrogen-bond donors (Lipinski definition) is 5. The van der Waals surface area contributed by atoms with Gasteiger partial charge in [0.1, 0.15) is 5.62 Å². The van der Waals surface area contributed by atoms with E-state index < -0.39 is 17.2 Å². The molecule has 1 atom stereocenters. The van der Waals surface area contributed by atoms with Crippen LogP contribution in [-0.4, -0.2) is 104 Å². The van der Waals surface area contributed by atoms with E-state index in [1.807, 2.05) is 44.2 Å². The molecule has 13 heteroatoms. The minimum Gasteiger partial charge on any atom is -0.381 e. The number of hydrogen-bond acceptors (Lipinski definition) is 9. The van der Waals surface area contributed by atoms with E-state index in [0.29, 0.717) is 48.4 Å². The minimum atomic E-state index is -2.50. The van der Waals surface area contributed by atoms with E-state index in [9.17, 15) is 24.9 Å². The topological polar surface area (TPSA) is 148 Å². The predicted octanol–water partition coefficient (Wildman–Crippen LogP) is 0.265. The van der Waals surface area contributed by atoms with Crippen LogP contribution in [0.1, 0.15) is 51.1 Å². The number of aryl methyl sites for hydroxylation is 2. The van der Waals surface area contributed by atoms with Crippen molar-refractivity contribution in [2.45, 2.75) is 64.1 Å². The fraction of sp³-hybridized carbons (Fsp3) is 0.471. The Hall–Kier alpha value is -3.45. The number of aromatic nitrogens is 1. The van der Waals surface area contributed by atoms with Crippen LogP contribution in [0.4, 0.5) is 5.69 Å². The SMILES string of the molecule is BC(O)(O)C(B)(O)N(c1cc(-c2ccc(CN3CCOCC3)cc2)cc(C(=O)NCc2c(C)cc(C)[nH]c2=O)c1C)C1CCOCC1. The monoisotopic (exact) mass is 644 g/mol. The molecule has 250 valence electrons. The van der Waals surface area contributed by atoms with Gasteiger partial charge < -0.3 is 40.0 Å². The molecule has 3 aromatic rings. The van der Waals surface area contributed by atoms with E-state index in [1.54, 1.807) is 11.8 Å². The van der Waals surface area contributed by atoms with Crippen molar-refractivity contribution < 1.29 is 29.6 Å². The number of amides is 1. The Morgan fingerprint density at radius 2 is 1.62 bits per heavy atom. The molecule has 0 spiro atoms. The average molecular weight is 644 g/mol. The van der Waals surface area contributed by atoms with Gasteiger partial charge in [0.15, 0.2) is 21.4 Å². The van der Waals surface area contributed by atoms with Crippen molar-refractivity contribution in [3.8, 4) is 11.1 Å². The number of morpholine rings is 1. The zero-order valence-corrected chi connectivity index (χ0v) is 28.1. The fourth-order valence-electron chi connectivity index (χ4n) is 6.50. The number of carbonyl (C=O) groups excluding carboxylic acids is 1. The van der Waals surface area contributed by atoms with E-state index in [1.165, 1.54) is 7.85 Å². The smallest absolute Gasteiger partial charge is 0.253 e. The second-order valence-electron chi connectivity index (χ2n) is 13.1. The predicted molar refractivity (Wildman–Crippen MR) is 186 cm³/mol. The van der Waals surface area contributed by atoms with Gasteiger partial charge in [-0.05, 0) is 79.6 Å². The Bertz CT molecular complexity index is 1630. The maximum Gasteiger partial charge on any atom is 0.253 e. The summed E-state index contributed by atoms with van der Waals surface area (Å²) in [6.07, 6.45) is 1.09. The number of benzene rings is 2. The molecule has 2 aliphatic heterocycles. The average Bonchev–Trinajstić information content (AvgIpc) is 3.02. The van der Waals surface area contributed by atoms with Gasteiger partial charge in [-0.1, -0.05) is 24.3 Å². The lowest BCUT2D eigenvalue weighted by Crippen LogP contribution is -2.69. The van der Waals surface area contributed by atoms with E-state index in [4.69, 9.17) is 9.47 Å². The molecule has 0 bridgehead atoms. The van der Waals surface area contributed by atoms with E-state index in [-0.39, 0.29) is 18.1 Å². The largest absolute Gasteiger partial charge is 0.381 e. The van der Waals surface area contributed by atoms with E-state index >= 15 is 0 Å². The van der Waals surface area contributed by atoms with Crippen LogP contribution < -0.4 is 15.8 Å². The number of rotatable bonds is 10. The van der Waals surface area contributed by atoms with Crippen molar-refractivity contribution in [3.05, 3.63) is 86.3 Å². The summed E-state index contributed by atoms with van der Waals surface area (Å²) in [5, 5.41) is 36.4. The molecule has 1 unspecified atom stereocenters. The molecule has 2 aliphatic rings. The zero-order valence-electron chi connectivity index (χ0n) is 28.1. The first kappa shape index (κ1) is 34.9. The quantitative estimate of drug-likeness (QED) is 0.155. The molecule has 47 heavy (non-hydrogen) atoms. The number of aromatic amines is 1. The summed E-state index contributed by atoms with van der Waals surface area (Å²) in [4.78, 5) is 33.4. The zero-order chi connectivity index (χ0) is 33.9. The second-order valence-corrected chi connectivity index (χ2v) is 13.1. The highest BCUT2D eigenvalue weighted by Crippen LogP contribution is 2.38. The van der Waals surface area contributed by atoms with Gasteiger partial charge in [0.2, 0.25) is 0 Å². The summed E-state index contributed by atoms with van der Waals surface area (Å²) in [5.74, 6) is -0.392. The number of nitrogens with one attached hydrogen (secondary N) is 2. The lowest BCUT2D eigenvalue weighted by Gasteiger charge is -2.51. The van der Waals surface area contributed by atoms with Crippen molar-refractivity contribution in [1.29, 1.82) is 0 Å². The van der Waals surface area contributed by atoms with Crippen molar-refractivity contribution in [2.24, 2.45) is 0 Å². The normalized spacial score (nSPS) is 17.7. The summed E-state index contributed by atoms with van der Waals surface area (Å²) < 4.78 is 11.1. The number of carbonyl (C=O) groups is 1. The Labute approximate surface area is 277 Å². The fourth-order valence-corrected chi connectivity index (χ4v) is 6.50. The van der Waals surface area contributed by atoms with Gasteiger partial charge in [-0.3, -0.25) is 14.5 Å². The Kier molecular flexibility index (Phi) is 10.6. The molecule has 3 heterocycles. The number of ether oxygens (including phenoxy) is 2. The Balaban J connectivity index is 1.57. The van der Waals surface area contributed by atoms with Gasteiger partial charge in [-0.2, -0.15) is 0 Å². The summed E-state index contributed by atoms with van der Waals surface area (Å²) in [6.45, 7) is 10.4. The van der Waals surface area contributed by atoms with Gasteiger partial charge in [0.05, 0.1) is 13.2 Å². The van der Waals surface area contributed by atoms with Crippen LogP contribution in [0, 0.1) is 20.8 Å². The number of H-pyrrole nitrogens is 1. The molecule has 0 radical (unpaired) electrons. The van der Waals surface area contributed by atoms with Crippen molar-refractivity contribution in [1.82, 2.24) is 15.2 Å². The van der Waals surface area contributed by atoms with Gasteiger partial charge in [0, 0.05) is 67.9 Å². The standard InChI is InChI=1S/C34H46B2N4O7/c1-21-16-22(2)38-32(42)29(21)19-37-31(41)28-17-26(25-6-4-24(5-7-25)20-39-10-14-47-15-11-39)18-30(23(28)3)40(27-8-12-46-13-9-27)33(35,43)34(36,44)45/h4-7,16-18,27,43-45H,8-15,19-20,35-36H2,1-3H3,(H,37,41)(H,38,42). The summed E-state index contributed by atoms with van der Waals surface area (Å²) in [6, 6.07) is 13.4. The maximum absolute atomic E-state index is 13.9. The van der Waals surface area contributed by atoms with Gasteiger partial charge >= 0.3 is 0 Å². The third kappa shape index (κ3) is 7.83. The van der Waals surface area contributed by atoms with Crippen molar-refractivity contribution >= 4 is 27.3 Å². The number of aliphatic hydroxyl groups is 3. The molecule has 2 saturated heterocycles. The molecular formula is C34H46B2N4O7. The molecule has 5 rings (SSSR count). The molecule has 1 amide bonds. The second kappa shape index (κ2) is 14.3. The minimum absolute atomic E-state index is 0.0300. The molecule has 2 aromatic carbocycles. The molecule has 0 aliphatic carbocycles. The van der Waals surface area contributed by atoms with Crippen LogP contribution in [0.5, 0.6) is 0 Å². The summed E-state index contributed by atoms with van der Waals surface area (Å²) in [7, 11) is 2.53. The van der Waals surface area contributed by atoms with E-state index in [0.717, 1.165) is 68.6 Å². The van der Waals surface area contributed by atoms with Gasteiger partial charge in [0.25, 0.3) is 11.5 Å². The first-order valence-corrected chi connectivity index (χ1v) is 16.3. The maximum atomic E-state index is 13.9.